The minimum atomic E-state index is -4.42. The lowest BCUT2D eigenvalue weighted by Gasteiger charge is -2.15. The number of alkyl halides is 3. The summed E-state index contributed by atoms with van der Waals surface area (Å²) in [4.78, 5) is 0. The van der Waals surface area contributed by atoms with Crippen LogP contribution in [-0.4, -0.2) is 11.7 Å². The van der Waals surface area contributed by atoms with Gasteiger partial charge in [0.15, 0.2) is 0 Å². The highest BCUT2D eigenvalue weighted by Crippen LogP contribution is 2.33. The molecule has 0 spiro atoms. The molecule has 1 rings (SSSR count). The van der Waals surface area contributed by atoms with Crippen LogP contribution < -0.4 is 5.73 Å². The van der Waals surface area contributed by atoms with Crippen LogP contribution in [0.1, 0.15) is 23.6 Å². The van der Waals surface area contributed by atoms with E-state index in [4.69, 9.17) is 22.4 Å². The zero-order valence-corrected chi connectivity index (χ0v) is 9.02. The molecule has 16 heavy (non-hydrogen) atoms. The Hall–Kier alpha value is -0.780. The molecule has 0 aliphatic rings. The number of aliphatic hydroxyl groups excluding tert-OH is 1. The molecule has 0 aromatic heterocycles. The van der Waals surface area contributed by atoms with Crippen molar-refractivity contribution in [3.63, 3.8) is 0 Å². The molecule has 0 bridgehead atoms. The molecule has 0 saturated carbocycles. The normalized spacial score (nSPS) is 13.9. The molecule has 1 atom stereocenters. The standard InChI is InChI=1S/C10H11ClF3NO/c11-8-2-1-6(10(12,13)14)5-7(8)9(15)3-4-16/h1-2,5,9,16H,3-4,15H2/t9-/m1/s1. The van der Waals surface area contributed by atoms with Gasteiger partial charge in [0.05, 0.1) is 5.56 Å². The fourth-order valence-corrected chi connectivity index (χ4v) is 1.56. The molecular formula is C10H11ClF3NO. The lowest BCUT2D eigenvalue weighted by Crippen LogP contribution is -2.14. The van der Waals surface area contributed by atoms with Crippen LogP contribution in [0, 0.1) is 0 Å². The van der Waals surface area contributed by atoms with Crippen LogP contribution in [0.4, 0.5) is 13.2 Å². The Morgan fingerprint density at radius 2 is 2.00 bits per heavy atom. The molecular weight excluding hydrogens is 243 g/mol. The highest BCUT2D eigenvalue weighted by molar-refractivity contribution is 6.31. The first kappa shape index (κ1) is 13.3. The Kier molecular flexibility index (Phi) is 4.18. The van der Waals surface area contributed by atoms with Crippen molar-refractivity contribution in [2.45, 2.75) is 18.6 Å². The fraction of sp³-hybridized carbons (Fsp3) is 0.400. The van der Waals surface area contributed by atoms with Crippen LogP contribution in [0.2, 0.25) is 5.02 Å². The van der Waals surface area contributed by atoms with E-state index in [1.165, 1.54) is 0 Å². The Bertz CT molecular complexity index is 368. The molecule has 90 valence electrons. The lowest BCUT2D eigenvalue weighted by molar-refractivity contribution is -0.137. The molecule has 0 heterocycles. The molecule has 1 aromatic carbocycles. The van der Waals surface area contributed by atoms with Crippen molar-refractivity contribution >= 4 is 11.6 Å². The van der Waals surface area contributed by atoms with Gasteiger partial charge in [0, 0.05) is 17.7 Å². The third-order valence-electron chi connectivity index (χ3n) is 2.16. The Balaban J connectivity index is 3.09. The van der Waals surface area contributed by atoms with E-state index in [1.807, 2.05) is 0 Å². The predicted octanol–water partition coefficient (Wildman–Crippen LogP) is 2.74. The summed E-state index contributed by atoms with van der Waals surface area (Å²) in [6.07, 6.45) is -4.25. The maximum absolute atomic E-state index is 12.4. The van der Waals surface area contributed by atoms with Crippen LogP contribution in [-0.2, 0) is 6.18 Å². The quantitative estimate of drug-likeness (QED) is 0.870. The first-order valence-corrected chi connectivity index (χ1v) is 4.97. The second-order valence-corrected chi connectivity index (χ2v) is 3.76. The summed E-state index contributed by atoms with van der Waals surface area (Å²) >= 11 is 5.75. The van der Waals surface area contributed by atoms with Gasteiger partial charge in [-0.2, -0.15) is 13.2 Å². The van der Waals surface area contributed by atoms with Gasteiger partial charge < -0.3 is 10.8 Å². The summed E-state index contributed by atoms with van der Waals surface area (Å²) in [6.45, 7) is -0.201. The van der Waals surface area contributed by atoms with Crippen molar-refractivity contribution in [3.05, 3.63) is 34.3 Å². The molecule has 6 heteroatoms. The summed E-state index contributed by atoms with van der Waals surface area (Å²) in [5, 5.41) is 8.85. The third kappa shape index (κ3) is 3.10. The van der Waals surface area contributed by atoms with E-state index in [1.54, 1.807) is 0 Å². The molecule has 0 radical (unpaired) electrons. The molecule has 0 saturated heterocycles. The predicted molar refractivity (Wildman–Crippen MR) is 55.1 cm³/mol. The van der Waals surface area contributed by atoms with E-state index in [0.717, 1.165) is 18.2 Å². The summed E-state index contributed by atoms with van der Waals surface area (Å²) in [5.41, 5.74) is 5.01. The second-order valence-electron chi connectivity index (χ2n) is 3.35. The minimum Gasteiger partial charge on any atom is -0.396 e. The number of halogens is 4. The molecule has 0 fully saturated rings. The molecule has 3 N–H and O–H groups in total. The van der Waals surface area contributed by atoms with Gasteiger partial charge in [0.1, 0.15) is 0 Å². The summed E-state index contributed by atoms with van der Waals surface area (Å²) < 4.78 is 37.2. The van der Waals surface area contributed by atoms with Crippen LogP contribution in [0.25, 0.3) is 0 Å². The smallest absolute Gasteiger partial charge is 0.396 e. The maximum Gasteiger partial charge on any atom is 0.416 e. The van der Waals surface area contributed by atoms with Gasteiger partial charge in [0.25, 0.3) is 0 Å². The van der Waals surface area contributed by atoms with E-state index in [0.29, 0.717) is 0 Å². The van der Waals surface area contributed by atoms with Crippen molar-refractivity contribution in [2.24, 2.45) is 5.73 Å². The zero-order valence-electron chi connectivity index (χ0n) is 8.26. The topological polar surface area (TPSA) is 46.2 Å². The van der Waals surface area contributed by atoms with Gasteiger partial charge in [-0.15, -0.1) is 0 Å². The third-order valence-corrected chi connectivity index (χ3v) is 2.51. The van der Waals surface area contributed by atoms with Gasteiger partial charge in [-0.25, -0.2) is 0 Å². The average Bonchev–Trinajstić information content (AvgIpc) is 2.16. The number of hydrogen-bond acceptors (Lipinski definition) is 2. The van der Waals surface area contributed by atoms with Crippen LogP contribution >= 0.6 is 11.6 Å². The molecule has 1 aromatic rings. The molecule has 0 aliphatic carbocycles. The first-order valence-electron chi connectivity index (χ1n) is 4.59. The van der Waals surface area contributed by atoms with Crippen LogP contribution in [0.5, 0.6) is 0 Å². The number of nitrogens with two attached hydrogens (primary N) is 1. The number of aliphatic hydroxyl groups is 1. The van der Waals surface area contributed by atoms with E-state index in [-0.39, 0.29) is 23.6 Å². The summed E-state index contributed by atoms with van der Waals surface area (Å²) in [5.74, 6) is 0. The average molecular weight is 254 g/mol. The Morgan fingerprint density at radius 3 is 2.50 bits per heavy atom. The van der Waals surface area contributed by atoms with Crippen molar-refractivity contribution < 1.29 is 18.3 Å². The van der Waals surface area contributed by atoms with Gasteiger partial charge in [-0.05, 0) is 30.2 Å². The van der Waals surface area contributed by atoms with Gasteiger partial charge in [0.2, 0.25) is 0 Å². The van der Waals surface area contributed by atoms with Crippen LogP contribution in [0.3, 0.4) is 0 Å². The first-order chi connectivity index (χ1) is 7.36. The minimum absolute atomic E-state index is 0.168. The number of hydrogen-bond donors (Lipinski definition) is 2. The Labute approximate surface area is 95.8 Å². The zero-order chi connectivity index (χ0) is 12.3. The Morgan fingerprint density at radius 1 is 1.38 bits per heavy atom. The van der Waals surface area contributed by atoms with E-state index in [2.05, 4.69) is 0 Å². The van der Waals surface area contributed by atoms with Crippen LogP contribution in [0.15, 0.2) is 18.2 Å². The van der Waals surface area contributed by atoms with Crippen molar-refractivity contribution in [3.8, 4) is 0 Å². The summed E-state index contributed by atoms with van der Waals surface area (Å²) in [7, 11) is 0. The van der Waals surface area contributed by atoms with E-state index in [9.17, 15) is 13.2 Å². The molecule has 0 amide bonds. The largest absolute Gasteiger partial charge is 0.416 e. The van der Waals surface area contributed by atoms with Crippen molar-refractivity contribution in [1.29, 1.82) is 0 Å². The monoisotopic (exact) mass is 253 g/mol. The van der Waals surface area contributed by atoms with Gasteiger partial charge >= 0.3 is 6.18 Å². The number of rotatable bonds is 3. The lowest BCUT2D eigenvalue weighted by atomic mass is 10.0. The van der Waals surface area contributed by atoms with E-state index < -0.39 is 17.8 Å². The second kappa shape index (κ2) is 5.03. The maximum atomic E-state index is 12.4. The number of benzene rings is 1. The van der Waals surface area contributed by atoms with Crippen molar-refractivity contribution in [1.82, 2.24) is 0 Å². The molecule has 2 nitrogen and oxygen atoms in total. The van der Waals surface area contributed by atoms with Crippen molar-refractivity contribution in [2.75, 3.05) is 6.61 Å². The molecule has 0 aliphatic heterocycles. The highest BCUT2D eigenvalue weighted by Gasteiger charge is 2.31. The van der Waals surface area contributed by atoms with Gasteiger partial charge in [-0.1, -0.05) is 11.6 Å². The highest BCUT2D eigenvalue weighted by atomic mass is 35.5. The summed E-state index contributed by atoms with van der Waals surface area (Å²) in [6, 6.07) is 2.29. The molecule has 0 unspecified atom stereocenters. The SMILES string of the molecule is N[C@H](CCO)c1cc(C(F)(F)F)ccc1Cl. The van der Waals surface area contributed by atoms with E-state index >= 15 is 0 Å². The fourth-order valence-electron chi connectivity index (χ4n) is 1.30. The van der Waals surface area contributed by atoms with Gasteiger partial charge in [-0.3, -0.25) is 0 Å².